The minimum Gasteiger partial charge on any atom is -0.466 e. The van der Waals surface area contributed by atoms with E-state index in [2.05, 4.69) is 31.3 Å². The zero-order valence-electron chi connectivity index (χ0n) is 47.5. The number of amides is 1. The van der Waals surface area contributed by atoms with Crippen LogP contribution in [-0.2, 0) is 14.3 Å². The van der Waals surface area contributed by atoms with Crippen molar-refractivity contribution in [1.29, 1.82) is 0 Å². The van der Waals surface area contributed by atoms with Gasteiger partial charge in [0.15, 0.2) is 0 Å². The predicted molar refractivity (Wildman–Crippen MR) is 306 cm³/mol. The van der Waals surface area contributed by atoms with Crippen LogP contribution in [0.3, 0.4) is 0 Å². The van der Waals surface area contributed by atoms with Crippen LogP contribution in [0.1, 0.15) is 361 Å². The Morgan fingerprint density at radius 2 is 0.671 bits per heavy atom. The summed E-state index contributed by atoms with van der Waals surface area (Å²) in [6.07, 6.45) is 72.3. The maximum absolute atomic E-state index is 12.5. The van der Waals surface area contributed by atoms with Crippen LogP contribution in [0, 0.1) is 0 Å². The van der Waals surface area contributed by atoms with E-state index in [1.165, 1.54) is 283 Å². The third-order valence-electron chi connectivity index (χ3n) is 15.1. The molecule has 0 aliphatic rings. The molecule has 0 aliphatic heterocycles. The quantitative estimate of drug-likeness (QED) is 0.0321. The SMILES string of the molecule is CCCCCCCCC/C=C\CCCCCCCCCC(=O)OCCCCCCCCCCCCCCCCCCCCCCCCCC(=O)NC(CO)C(O)CCCCCCCCCCCCCC. The van der Waals surface area contributed by atoms with Crippen LogP contribution in [0.4, 0.5) is 0 Å². The van der Waals surface area contributed by atoms with E-state index in [1.54, 1.807) is 0 Å². The molecule has 0 saturated heterocycles. The zero-order valence-corrected chi connectivity index (χ0v) is 47.5. The molecule has 2 unspecified atom stereocenters. The lowest BCUT2D eigenvalue weighted by atomic mass is 10.0. The van der Waals surface area contributed by atoms with Gasteiger partial charge < -0.3 is 20.3 Å². The Hall–Kier alpha value is -1.40. The van der Waals surface area contributed by atoms with E-state index < -0.39 is 12.1 Å². The van der Waals surface area contributed by atoms with Crippen LogP contribution in [0.25, 0.3) is 0 Å². The number of aliphatic hydroxyl groups is 2. The third kappa shape index (κ3) is 55.9. The number of carbonyl (C=O) groups is 2. The van der Waals surface area contributed by atoms with Gasteiger partial charge in [0.1, 0.15) is 0 Å². The first-order valence-electron chi connectivity index (χ1n) is 31.9. The molecule has 0 aromatic heterocycles. The number of unbranched alkanes of at least 4 members (excludes halogenated alkanes) is 47. The van der Waals surface area contributed by atoms with E-state index in [-0.39, 0.29) is 18.5 Å². The number of esters is 1. The highest BCUT2D eigenvalue weighted by atomic mass is 16.5. The first kappa shape index (κ1) is 68.6. The molecule has 0 aliphatic carbocycles. The van der Waals surface area contributed by atoms with E-state index >= 15 is 0 Å². The second-order valence-corrected chi connectivity index (χ2v) is 22.1. The highest BCUT2D eigenvalue weighted by molar-refractivity contribution is 5.76. The molecular weight excluding hydrogens is 863 g/mol. The van der Waals surface area contributed by atoms with Gasteiger partial charge in [-0.3, -0.25) is 9.59 Å². The fourth-order valence-corrected chi connectivity index (χ4v) is 10.2. The molecule has 0 bridgehead atoms. The molecule has 0 aromatic carbocycles. The minimum absolute atomic E-state index is 0.0122. The molecule has 3 N–H and O–H groups in total. The average molecular weight is 989 g/mol. The van der Waals surface area contributed by atoms with Crippen molar-refractivity contribution in [2.75, 3.05) is 13.2 Å². The van der Waals surface area contributed by atoms with Gasteiger partial charge in [0.25, 0.3) is 0 Å². The molecule has 0 fully saturated rings. The maximum atomic E-state index is 12.5. The van der Waals surface area contributed by atoms with Crippen LogP contribution in [0.15, 0.2) is 12.2 Å². The van der Waals surface area contributed by atoms with Gasteiger partial charge in [-0.2, -0.15) is 0 Å². The fourth-order valence-electron chi connectivity index (χ4n) is 10.2. The van der Waals surface area contributed by atoms with Gasteiger partial charge in [0.2, 0.25) is 5.91 Å². The number of hydrogen-bond acceptors (Lipinski definition) is 5. The first-order chi connectivity index (χ1) is 34.5. The van der Waals surface area contributed by atoms with Crippen molar-refractivity contribution in [3.8, 4) is 0 Å². The molecule has 6 heteroatoms. The van der Waals surface area contributed by atoms with E-state index in [1.807, 2.05) is 0 Å². The molecule has 0 saturated carbocycles. The topological polar surface area (TPSA) is 95.9 Å². The molecule has 0 radical (unpaired) electrons. The summed E-state index contributed by atoms with van der Waals surface area (Å²) in [5.74, 6) is -0.0209. The second kappa shape index (κ2) is 60.2. The first-order valence-corrected chi connectivity index (χ1v) is 31.9. The summed E-state index contributed by atoms with van der Waals surface area (Å²) in [5.41, 5.74) is 0. The monoisotopic (exact) mass is 988 g/mol. The number of ether oxygens (including phenoxy) is 1. The molecule has 2 atom stereocenters. The van der Waals surface area contributed by atoms with E-state index in [4.69, 9.17) is 4.74 Å². The van der Waals surface area contributed by atoms with Gasteiger partial charge in [-0.1, -0.05) is 309 Å². The van der Waals surface area contributed by atoms with Crippen molar-refractivity contribution in [3.05, 3.63) is 12.2 Å². The molecule has 70 heavy (non-hydrogen) atoms. The lowest BCUT2D eigenvalue weighted by Gasteiger charge is -2.22. The van der Waals surface area contributed by atoms with Crippen LogP contribution < -0.4 is 5.32 Å². The molecule has 416 valence electrons. The van der Waals surface area contributed by atoms with Crippen molar-refractivity contribution >= 4 is 11.9 Å². The average Bonchev–Trinajstić information content (AvgIpc) is 3.36. The van der Waals surface area contributed by atoms with Crippen LogP contribution >= 0.6 is 0 Å². The lowest BCUT2D eigenvalue weighted by molar-refractivity contribution is -0.143. The van der Waals surface area contributed by atoms with Gasteiger partial charge in [0.05, 0.1) is 25.4 Å². The summed E-state index contributed by atoms with van der Waals surface area (Å²) >= 11 is 0. The standard InChI is InChI=1S/C64H125NO5/c1-3-5-7-9-11-13-15-17-18-19-28-31-34-38-42-46-50-54-58-64(69)70-59-55-51-47-43-39-35-32-29-26-24-22-20-21-23-25-27-30-33-37-41-45-49-53-57-63(68)65-61(60-66)62(67)56-52-48-44-40-36-16-14-12-10-8-6-4-2/h18-19,61-62,66-67H,3-17,20-60H2,1-2H3,(H,65,68)/b19-18-. The van der Waals surface area contributed by atoms with Crippen LogP contribution in [0.2, 0.25) is 0 Å². The Kier molecular flexibility index (Phi) is 59.0. The van der Waals surface area contributed by atoms with Gasteiger partial charge in [0, 0.05) is 12.8 Å². The maximum Gasteiger partial charge on any atom is 0.305 e. The largest absolute Gasteiger partial charge is 0.466 e. The smallest absolute Gasteiger partial charge is 0.305 e. The van der Waals surface area contributed by atoms with Crippen molar-refractivity contribution in [2.24, 2.45) is 0 Å². The number of rotatable bonds is 60. The summed E-state index contributed by atoms with van der Waals surface area (Å²) in [7, 11) is 0. The number of allylic oxidation sites excluding steroid dienone is 2. The molecule has 0 heterocycles. The van der Waals surface area contributed by atoms with Gasteiger partial charge in [-0.05, 0) is 51.4 Å². The number of carbonyl (C=O) groups excluding carboxylic acids is 2. The minimum atomic E-state index is -0.662. The molecule has 0 rings (SSSR count). The Morgan fingerprint density at radius 1 is 0.386 bits per heavy atom. The van der Waals surface area contributed by atoms with Crippen LogP contribution in [-0.4, -0.2) is 47.4 Å². The molecule has 1 amide bonds. The molecule has 6 nitrogen and oxygen atoms in total. The molecule has 0 spiro atoms. The summed E-state index contributed by atoms with van der Waals surface area (Å²) in [5, 5.41) is 23.2. The Morgan fingerprint density at radius 3 is 1.01 bits per heavy atom. The fraction of sp³-hybridized carbons (Fsp3) is 0.938. The summed E-state index contributed by atoms with van der Waals surface area (Å²) in [6.45, 7) is 4.97. The summed E-state index contributed by atoms with van der Waals surface area (Å²) in [6, 6.07) is -0.539. The highest BCUT2D eigenvalue weighted by Gasteiger charge is 2.20. The van der Waals surface area contributed by atoms with E-state index in [0.717, 1.165) is 44.9 Å². The summed E-state index contributed by atoms with van der Waals surface area (Å²) < 4.78 is 5.50. The van der Waals surface area contributed by atoms with Crippen molar-refractivity contribution in [2.45, 2.75) is 373 Å². The van der Waals surface area contributed by atoms with Gasteiger partial charge >= 0.3 is 5.97 Å². The summed E-state index contributed by atoms with van der Waals surface area (Å²) in [4.78, 5) is 24.6. The lowest BCUT2D eigenvalue weighted by Crippen LogP contribution is -2.45. The van der Waals surface area contributed by atoms with Crippen molar-refractivity contribution < 1.29 is 24.5 Å². The van der Waals surface area contributed by atoms with Crippen molar-refractivity contribution in [1.82, 2.24) is 5.32 Å². The highest BCUT2D eigenvalue weighted by Crippen LogP contribution is 2.18. The zero-order chi connectivity index (χ0) is 50.7. The Balaban J connectivity index is 3.34. The second-order valence-electron chi connectivity index (χ2n) is 22.1. The molecular formula is C64H125NO5. The van der Waals surface area contributed by atoms with E-state index in [0.29, 0.717) is 25.9 Å². The normalized spacial score (nSPS) is 12.6. The van der Waals surface area contributed by atoms with Crippen LogP contribution in [0.5, 0.6) is 0 Å². The predicted octanol–water partition coefficient (Wildman–Crippen LogP) is 20.0. The number of aliphatic hydroxyl groups excluding tert-OH is 2. The van der Waals surface area contributed by atoms with E-state index in [9.17, 15) is 19.8 Å². The number of nitrogens with one attached hydrogen (secondary N) is 1. The van der Waals surface area contributed by atoms with Crippen molar-refractivity contribution in [3.63, 3.8) is 0 Å². The molecule has 0 aromatic rings. The van der Waals surface area contributed by atoms with Gasteiger partial charge in [-0.25, -0.2) is 0 Å². The third-order valence-corrected chi connectivity index (χ3v) is 15.1. The Bertz CT molecular complexity index is 1050. The van der Waals surface area contributed by atoms with Gasteiger partial charge in [-0.15, -0.1) is 0 Å². The Labute approximate surface area is 438 Å². The number of hydrogen-bond donors (Lipinski definition) is 3.